The SMILES string of the molecule is CCCCCC1C=Cc2ccccc2S1. The second-order valence-electron chi connectivity index (χ2n) is 4.05. The molecule has 1 heterocycles. The van der Waals surface area contributed by atoms with Gasteiger partial charge in [0.25, 0.3) is 0 Å². The van der Waals surface area contributed by atoms with E-state index in [1.54, 1.807) is 0 Å². The van der Waals surface area contributed by atoms with Crippen LogP contribution in [0.1, 0.15) is 38.2 Å². The molecule has 0 aliphatic carbocycles. The van der Waals surface area contributed by atoms with E-state index in [1.165, 1.54) is 36.1 Å². The first-order chi connectivity index (χ1) is 7.40. The molecular weight excluding hydrogens is 200 g/mol. The van der Waals surface area contributed by atoms with Crippen molar-refractivity contribution in [3.8, 4) is 0 Å². The van der Waals surface area contributed by atoms with Crippen molar-refractivity contribution >= 4 is 17.8 Å². The Morgan fingerprint density at radius 3 is 2.93 bits per heavy atom. The van der Waals surface area contributed by atoms with Gasteiger partial charge in [-0.1, -0.05) is 56.5 Å². The van der Waals surface area contributed by atoms with Gasteiger partial charge in [0, 0.05) is 10.1 Å². The average molecular weight is 218 g/mol. The van der Waals surface area contributed by atoms with E-state index in [2.05, 4.69) is 43.3 Å². The predicted molar refractivity (Wildman–Crippen MR) is 69.3 cm³/mol. The Balaban J connectivity index is 1.94. The Morgan fingerprint density at radius 2 is 2.07 bits per heavy atom. The maximum atomic E-state index is 2.36. The number of fused-ring (bicyclic) bond motifs is 1. The molecule has 2 rings (SSSR count). The van der Waals surface area contributed by atoms with Crippen LogP contribution in [0.4, 0.5) is 0 Å². The van der Waals surface area contributed by atoms with Gasteiger partial charge in [0.05, 0.1) is 0 Å². The quantitative estimate of drug-likeness (QED) is 0.657. The van der Waals surface area contributed by atoms with Gasteiger partial charge >= 0.3 is 0 Å². The van der Waals surface area contributed by atoms with Crippen molar-refractivity contribution in [3.05, 3.63) is 35.9 Å². The van der Waals surface area contributed by atoms with Gasteiger partial charge in [0.2, 0.25) is 0 Å². The molecule has 0 nitrogen and oxygen atoms in total. The summed E-state index contributed by atoms with van der Waals surface area (Å²) < 4.78 is 0. The number of thioether (sulfide) groups is 1. The average Bonchev–Trinajstić information content (AvgIpc) is 2.29. The normalized spacial score (nSPS) is 18.9. The lowest BCUT2D eigenvalue weighted by molar-refractivity contribution is 0.680. The van der Waals surface area contributed by atoms with Gasteiger partial charge in [-0.25, -0.2) is 0 Å². The molecule has 1 aromatic rings. The Kier molecular flexibility index (Phi) is 3.90. The fourth-order valence-electron chi connectivity index (χ4n) is 1.89. The van der Waals surface area contributed by atoms with Gasteiger partial charge in [0.15, 0.2) is 0 Å². The molecule has 80 valence electrons. The zero-order valence-electron chi connectivity index (χ0n) is 9.28. The third kappa shape index (κ3) is 2.88. The number of rotatable bonds is 4. The van der Waals surface area contributed by atoms with Crippen LogP contribution in [0.25, 0.3) is 6.08 Å². The summed E-state index contributed by atoms with van der Waals surface area (Å²) >= 11 is 2.02. The number of benzene rings is 1. The molecule has 15 heavy (non-hydrogen) atoms. The van der Waals surface area contributed by atoms with Gasteiger partial charge < -0.3 is 0 Å². The van der Waals surface area contributed by atoms with Crippen LogP contribution in [-0.2, 0) is 0 Å². The Labute approximate surface area is 96.8 Å². The molecule has 1 unspecified atom stereocenters. The summed E-state index contributed by atoms with van der Waals surface area (Å²) in [4.78, 5) is 1.45. The standard InChI is InChI=1S/C14H18S/c1-2-3-4-8-13-11-10-12-7-5-6-9-14(12)15-13/h5-7,9-11,13H,2-4,8H2,1H3. The van der Waals surface area contributed by atoms with Crippen molar-refractivity contribution in [3.63, 3.8) is 0 Å². The minimum Gasteiger partial charge on any atom is -0.118 e. The zero-order valence-corrected chi connectivity index (χ0v) is 10.1. The molecule has 0 bridgehead atoms. The van der Waals surface area contributed by atoms with E-state index in [-0.39, 0.29) is 0 Å². The molecule has 0 saturated carbocycles. The minimum absolute atomic E-state index is 0.700. The van der Waals surface area contributed by atoms with E-state index in [4.69, 9.17) is 0 Å². The van der Waals surface area contributed by atoms with Gasteiger partial charge in [-0.3, -0.25) is 0 Å². The Hall–Kier alpha value is -0.690. The molecule has 1 atom stereocenters. The zero-order chi connectivity index (χ0) is 10.5. The summed E-state index contributed by atoms with van der Waals surface area (Å²) in [5.74, 6) is 0. The molecular formula is C14H18S. The van der Waals surface area contributed by atoms with Gasteiger partial charge in [-0.2, -0.15) is 0 Å². The summed E-state index contributed by atoms with van der Waals surface area (Å²) in [5.41, 5.74) is 1.38. The second kappa shape index (κ2) is 5.41. The van der Waals surface area contributed by atoms with Crippen LogP contribution in [0.5, 0.6) is 0 Å². The molecule has 0 amide bonds. The summed E-state index contributed by atoms with van der Waals surface area (Å²) in [7, 11) is 0. The molecule has 1 heteroatoms. The number of unbranched alkanes of at least 4 members (excludes halogenated alkanes) is 2. The van der Waals surface area contributed by atoms with E-state index in [1.807, 2.05) is 11.8 Å². The summed E-state index contributed by atoms with van der Waals surface area (Å²) in [5, 5.41) is 0.700. The number of hydrogen-bond acceptors (Lipinski definition) is 1. The van der Waals surface area contributed by atoms with Crippen LogP contribution in [-0.4, -0.2) is 5.25 Å². The highest BCUT2D eigenvalue weighted by molar-refractivity contribution is 8.00. The maximum absolute atomic E-state index is 2.36. The van der Waals surface area contributed by atoms with E-state index >= 15 is 0 Å². The van der Waals surface area contributed by atoms with Crippen LogP contribution in [0, 0.1) is 0 Å². The topological polar surface area (TPSA) is 0 Å². The van der Waals surface area contributed by atoms with Crippen molar-refractivity contribution in [2.45, 2.75) is 42.8 Å². The van der Waals surface area contributed by atoms with Crippen LogP contribution in [0.2, 0.25) is 0 Å². The predicted octanol–water partition coefficient (Wildman–Crippen LogP) is 4.75. The first kappa shape index (κ1) is 10.8. The minimum atomic E-state index is 0.700. The van der Waals surface area contributed by atoms with Gasteiger partial charge in [-0.05, 0) is 18.1 Å². The fourth-order valence-corrected chi connectivity index (χ4v) is 3.09. The molecule has 0 spiro atoms. The number of hydrogen-bond donors (Lipinski definition) is 0. The Bertz CT molecular complexity index is 341. The summed E-state index contributed by atoms with van der Waals surface area (Å²) in [6.45, 7) is 2.26. The molecule has 1 aliphatic heterocycles. The van der Waals surface area contributed by atoms with Crippen molar-refractivity contribution in [2.24, 2.45) is 0 Å². The summed E-state index contributed by atoms with van der Waals surface area (Å²) in [6.07, 6.45) is 10.0. The third-order valence-corrected chi connectivity index (χ3v) is 4.10. The van der Waals surface area contributed by atoms with Crippen molar-refractivity contribution in [1.29, 1.82) is 0 Å². The monoisotopic (exact) mass is 218 g/mol. The molecule has 0 N–H and O–H groups in total. The lowest BCUT2D eigenvalue weighted by Crippen LogP contribution is -2.02. The molecule has 0 saturated heterocycles. The highest BCUT2D eigenvalue weighted by Crippen LogP contribution is 2.35. The first-order valence-electron chi connectivity index (χ1n) is 5.84. The lowest BCUT2D eigenvalue weighted by atomic mass is 10.1. The molecule has 0 radical (unpaired) electrons. The van der Waals surface area contributed by atoms with Gasteiger partial charge in [-0.15, -0.1) is 11.8 Å². The highest BCUT2D eigenvalue weighted by Gasteiger charge is 2.12. The van der Waals surface area contributed by atoms with E-state index in [9.17, 15) is 0 Å². The fraction of sp³-hybridized carbons (Fsp3) is 0.429. The highest BCUT2D eigenvalue weighted by atomic mass is 32.2. The third-order valence-electron chi connectivity index (χ3n) is 2.78. The summed E-state index contributed by atoms with van der Waals surface area (Å²) in [6, 6.07) is 8.67. The molecule has 0 fully saturated rings. The van der Waals surface area contributed by atoms with Crippen LogP contribution < -0.4 is 0 Å². The largest absolute Gasteiger partial charge is 0.118 e. The molecule has 0 aromatic heterocycles. The van der Waals surface area contributed by atoms with Gasteiger partial charge in [0.1, 0.15) is 0 Å². The second-order valence-corrected chi connectivity index (χ2v) is 5.33. The maximum Gasteiger partial charge on any atom is 0.0277 e. The molecule has 1 aliphatic rings. The van der Waals surface area contributed by atoms with E-state index < -0.39 is 0 Å². The van der Waals surface area contributed by atoms with Crippen LogP contribution in [0.3, 0.4) is 0 Å². The van der Waals surface area contributed by atoms with Crippen LogP contribution >= 0.6 is 11.8 Å². The smallest absolute Gasteiger partial charge is 0.0277 e. The first-order valence-corrected chi connectivity index (χ1v) is 6.72. The van der Waals surface area contributed by atoms with E-state index in [0.29, 0.717) is 5.25 Å². The Morgan fingerprint density at radius 1 is 1.20 bits per heavy atom. The van der Waals surface area contributed by atoms with Crippen molar-refractivity contribution in [1.82, 2.24) is 0 Å². The van der Waals surface area contributed by atoms with Crippen LogP contribution in [0.15, 0.2) is 35.2 Å². The van der Waals surface area contributed by atoms with E-state index in [0.717, 1.165) is 0 Å². The van der Waals surface area contributed by atoms with Crippen molar-refractivity contribution < 1.29 is 0 Å². The molecule has 1 aromatic carbocycles. The lowest BCUT2D eigenvalue weighted by Gasteiger charge is -2.18. The van der Waals surface area contributed by atoms with Crippen molar-refractivity contribution in [2.75, 3.05) is 0 Å².